The van der Waals surface area contributed by atoms with Crippen LogP contribution in [0.2, 0.25) is 0 Å². The molecule has 0 spiro atoms. The summed E-state index contributed by atoms with van der Waals surface area (Å²) < 4.78 is 0. The zero-order valence-corrected chi connectivity index (χ0v) is 10.3. The maximum atomic E-state index is 11.1. The monoisotopic (exact) mass is 262 g/mol. The van der Waals surface area contributed by atoms with Crippen molar-refractivity contribution < 1.29 is 14.7 Å². The number of nitrogens with zero attached hydrogens (tertiary/aromatic N) is 1. The van der Waals surface area contributed by atoms with Crippen molar-refractivity contribution in [3.63, 3.8) is 0 Å². The molecule has 2 heterocycles. The molecule has 0 radical (unpaired) electrons. The number of hydrogen-bond acceptors (Lipinski definition) is 4. The fourth-order valence-electron chi connectivity index (χ4n) is 1.48. The average Bonchev–Trinajstić information content (AvgIpc) is 2.73. The minimum Gasteiger partial charge on any atom is -0.477 e. The van der Waals surface area contributed by atoms with Gasteiger partial charge in [0.05, 0.1) is 5.69 Å². The van der Waals surface area contributed by atoms with Gasteiger partial charge in [-0.25, -0.2) is 4.79 Å². The molecular weight excluding hydrogens is 252 g/mol. The number of rotatable bonds is 3. The van der Waals surface area contributed by atoms with Crippen molar-refractivity contribution in [3.8, 4) is 10.4 Å². The molecule has 1 amide bonds. The van der Waals surface area contributed by atoms with Crippen molar-refractivity contribution in [1.29, 1.82) is 0 Å². The van der Waals surface area contributed by atoms with E-state index in [1.165, 1.54) is 6.92 Å². The molecule has 0 atom stereocenters. The molecule has 0 bridgehead atoms. The second-order valence-corrected chi connectivity index (χ2v) is 4.63. The zero-order valence-electron chi connectivity index (χ0n) is 9.51. The van der Waals surface area contributed by atoms with Crippen LogP contribution in [0.4, 0.5) is 5.69 Å². The number of amides is 1. The van der Waals surface area contributed by atoms with Gasteiger partial charge in [0.2, 0.25) is 5.91 Å². The highest BCUT2D eigenvalue weighted by Gasteiger charge is 2.17. The molecule has 2 N–H and O–H groups in total. The third kappa shape index (κ3) is 2.54. The number of carbonyl (C=O) groups excluding carboxylic acids is 1. The number of carbonyl (C=O) groups is 2. The predicted octanol–water partition coefficient (Wildman–Crippen LogP) is 2.47. The Morgan fingerprint density at radius 3 is 2.78 bits per heavy atom. The van der Waals surface area contributed by atoms with Gasteiger partial charge >= 0.3 is 5.97 Å². The molecule has 0 saturated heterocycles. The zero-order chi connectivity index (χ0) is 13.1. The summed E-state index contributed by atoms with van der Waals surface area (Å²) in [5.41, 5.74) is 1.14. The average molecular weight is 262 g/mol. The summed E-state index contributed by atoms with van der Waals surface area (Å²) in [5, 5.41) is 11.6. The summed E-state index contributed by atoms with van der Waals surface area (Å²) in [6, 6.07) is 5.25. The third-order valence-corrected chi connectivity index (χ3v) is 3.36. The number of pyridine rings is 1. The number of thiophene rings is 1. The first-order chi connectivity index (χ1) is 8.58. The normalized spacial score (nSPS) is 10.1. The first kappa shape index (κ1) is 12.3. The molecule has 0 unspecified atom stereocenters. The van der Waals surface area contributed by atoms with E-state index in [2.05, 4.69) is 10.3 Å². The highest BCUT2D eigenvalue weighted by atomic mass is 32.1. The number of carboxylic acids is 1. The lowest BCUT2D eigenvalue weighted by Crippen LogP contribution is -2.08. The van der Waals surface area contributed by atoms with E-state index >= 15 is 0 Å². The fourth-order valence-corrected chi connectivity index (χ4v) is 2.43. The number of aromatic nitrogens is 1. The van der Waals surface area contributed by atoms with Gasteiger partial charge in [-0.2, -0.15) is 0 Å². The lowest BCUT2D eigenvalue weighted by Gasteiger charge is -1.98. The molecule has 0 aliphatic rings. The highest BCUT2D eigenvalue weighted by Crippen LogP contribution is 2.34. The number of aromatic carboxylic acids is 1. The minimum atomic E-state index is -1.06. The van der Waals surface area contributed by atoms with Gasteiger partial charge in [-0.15, -0.1) is 11.3 Å². The Balaban J connectivity index is 2.45. The van der Waals surface area contributed by atoms with E-state index in [-0.39, 0.29) is 10.8 Å². The Kier molecular flexibility index (Phi) is 3.38. The summed E-state index contributed by atoms with van der Waals surface area (Å²) in [6.07, 6.45) is 3.29. The van der Waals surface area contributed by atoms with Crippen LogP contribution in [0.25, 0.3) is 10.4 Å². The van der Waals surface area contributed by atoms with Crippen LogP contribution in [-0.2, 0) is 4.79 Å². The van der Waals surface area contributed by atoms with E-state index < -0.39 is 5.97 Å². The van der Waals surface area contributed by atoms with E-state index in [0.29, 0.717) is 5.69 Å². The quantitative estimate of drug-likeness (QED) is 0.890. The first-order valence-electron chi connectivity index (χ1n) is 5.13. The second kappa shape index (κ2) is 4.97. The van der Waals surface area contributed by atoms with Crippen LogP contribution in [-0.4, -0.2) is 22.0 Å². The SMILES string of the molecule is CC(=O)Nc1cc(-c2cccnc2)sc1C(=O)O. The minimum absolute atomic E-state index is 0.115. The summed E-state index contributed by atoms with van der Waals surface area (Å²) in [5.74, 6) is -1.35. The molecule has 5 nitrogen and oxygen atoms in total. The molecule has 0 aromatic carbocycles. The molecule has 2 aromatic heterocycles. The van der Waals surface area contributed by atoms with Crippen LogP contribution in [0.3, 0.4) is 0 Å². The molecule has 92 valence electrons. The Hall–Kier alpha value is -2.21. The molecule has 18 heavy (non-hydrogen) atoms. The number of carboxylic acid groups (broad SMARTS) is 1. The van der Waals surface area contributed by atoms with E-state index in [0.717, 1.165) is 21.8 Å². The van der Waals surface area contributed by atoms with Crippen LogP contribution in [0.15, 0.2) is 30.6 Å². The predicted molar refractivity (Wildman–Crippen MR) is 68.8 cm³/mol. The molecule has 2 rings (SSSR count). The maximum Gasteiger partial charge on any atom is 0.348 e. The van der Waals surface area contributed by atoms with Crippen molar-refractivity contribution in [2.75, 3.05) is 5.32 Å². The molecule has 0 saturated carbocycles. The van der Waals surface area contributed by atoms with E-state index in [1.807, 2.05) is 6.07 Å². The van der Waals surface area contributed by atoms with Gasteiger partial charge in [-0.3, -0.25) is 9.78 Å². The third-order valence-electron chi connectivity index (χ3n) is 2.18. The smallest absolute Gasteiger partial charge is 0.348 e. The fraction of sp³-hybridized carbons (Fsp3) is 0.0833. The topological polar surface area (TPSA) is 79.3 Å². The number of nitrogens with one attached hydrogen (secondary N) is 1. The lowest BCUT2D eigenvalue weighted by molar-refractivity contribution is -0.114. The van der Waals surface area contributed by atoms with Crippen molar-refractivity contribution in [2.24, 2.45) is 0 Å². The van der Waals surface area contributed by atoms with Gasteiger partial charge < -0.3 is 10.4 Å². The second-order valence-electron chi connectivity index (χ2n) is 3.58. The molecule has 0 fully saturated rings. The molecule has 2 aromatic rings. The van der Waals surface area contributed by atoms with Crippen LogP contribution in [0.1, 0.15) is 16.6 Å². The van der Waals surface area contributed by atoms with E-state index in [9.17, 15) is 9.59 Å². The summed E-state index contributed by atoms with van der Waals surface area (Å²) in [4.78, 5) is 27.0. The highest BCUT2D eigenvalue weighted by molar-refractivity contribution is 7.18. The van der Waals surface area contributed by atoms with Crippen LogP contribution >= 0.6 is 11.3 Å². The number of hydrogen-bond donors (Lipinski definition) is 2. The van der Waals surface area contributed by atoms with Crippen LogP contribution in [0.5, 0.6) is 0 Å². The summed E-state index contributed by atoms with van der Waals surface area (Å²) >= 11 is 1.11. The van der Waals surface area contributed by atoms with Crippen molar-refractivity contribution in [1.82, 2.24) is 4.98 Å². The van der Waals surface area contributed by atoms with Gasteiger partial charge in [0.1, 0.15) is 4.88 Å². The van der Waals surface area contributed by atoms with E-state index in [4.69, 9.17) is 5.11 Å². The van der Waals surface area contributed by atoms with Crippen molar-refractivity contribution >= 4 is 28.9 Å². The largest absolute Gasteiger partial charge is 0.477 e. The van der Waals surface area contributed by atoms with Gasteiger partial charge in [0.25, 0.3) is 0 Å². The van der Waals surface area contributed by atoms with Gasteiger partial charge in [-0.1, -0.05) is 6.07 Å². The summed E-state index contributed by atoms with van der Waals surface area (Å²) in [7, 11) is 0. The first-order valence-corrected chi connectivity index (χ1v) is 5.94. The molecular formula is C12H10N2O3S. The Bertz CT molecular complexity index is 593. The maximum absolute atomic E-state index is 11.1. The molecule has 0 aliphatic heterocycles. The Labute approximate surface area is 107 Å². The van der Waals surface area contributed by atoms with Gasteiger partial charge in [0, 0.05) is 29.8 Å². The molecule has 6 heteroatoms. The molecule has 0 aliphatic carbocycles. The summed E-state index contributed by atoms with van der Waals surface area (Å²) in [6.45, 7) is 1.34. The number of anilines is 1. The lowest BCUT2D eigenvalue weighted by atomic mass is 10.2. The van der Waals surface area contributed by atoms with Crippen molar-refractivity contribution in [2.45, 2.75) is 6.92 Å². The van der Waals surface area contributed by atoms with Crippen LogP contribution < -0.4 is 5.32 Å². The Morgan fingerprint density at radius 2 is 2.22 bits per heavy atom. The van der Waals surface area contributed by atoms with Gasteiger partial charge in [-0.05, 0) is 12.1 Å². The standard InChI is InChI=1S/C12H10N2O3S/c1-7(15)14-9-5-10(18-11(9)12(16)17)8-3-2-4-13-6-8/h2-6H,1H3,(H,14,15)(H,16,17). The Morgan fingerprint density at radius 1 is 1.44 bits per heavy atom. The van der Waals surface area contributed by atoms with Gasteiger partial charge in [0.15, 0.2) is 0 Å². The van der Waals surface area contributed by atoms with Crippen molar-refractivity contribution in [3.05, 3.63) is 35.5 Å². The van der Waals surface area contributed by atoms with Crippen LogP contribution in [0, 0.1) is 0 Å². The van der Waals surface area contributed by atoms with E-state index in [1.54, 1.807) is 24.5 Å².